The van der Waals surface area contributed by atoms with Crippen LogP contribution in [0.15, 0.2) is 35.1 Å². The van der Waals surface area contributed by atoms with E-state index >= 15 is 0 Å². The first-order valence-electron chi connectivity index (χ1n) is 7.37. The van der Waals surface area contributed by atoms with Crippen LogP contribution in [0.5, 0.6) is 0 Å². The number of amides is 1. The fourth-order valence-corrected chi connectivity index (χ4v) is 2.55. The van der Waals surface area contributed by atoms with Gasteiger partial charge in [-0.2, -0.15) is 4.98 Å². The van der Waals surface area contributed by atoms with Crippen LogP contribution in [0, 0.1) is 20.8 Å². The quantitative estimate of drug-likeness (QED) is 0.944. The molecule has 0 unspecified atom stereocenters. The number of nitrogens with zero attached hydrogens (tertiary/aromatic N) is 2. The molecule has 5 nitrogen and oxygen atoms in total. The van der Waals surface area contributed by atoms with Crippen LogP contribution in [-0.4, -0.2) is 15.5 Å². The first kappa shape index (κ1) is 15.9. The van der Waals surface area contributed by atoms with Crippen molar-refractivity contribution in [3.63, 3.8) is 0 Å². The van der Waals surface area contributed by atoms with Gasteiger partial charge in [0.15, 0.2) is 0 Å². The number of nitrogens with one attached hydrogen (secondary N) is 1. The molecule has 1 N–H and O–H groups in total. The van der Waals surface area contributed by atoms with Crippen molar-refractivity contribution in [3.8, 4) is 0 Å². The van der Waals surface area contributed by atoms with Gasteiger partial charge in [-0.3, -0.25) is 9.36 Å². The molecule has 2 rings (SSSR count). The van der Waals surface area contributed by atoms with Crippen molar-refractivity contribution in [1.29, 1.82) is 0 Å². The Labute approximate surface area is 130 Å². The molecule has 1 aromatic carbocycles. The van der Waals surface area contributed by atoms with Crippen LogP contribution in [0.2, 0.25) is 0 Å². The predicted molar refractivity (Wildman–Crippen MR) is 87.1 cm³/mol. The third-order valence-corrected chi connectivity index (χ3v) is 3.68. The molecule has 0 saturated heterocycles. The third-order valence-electron chi connectivity index (χ3n) is 3.68. The average Bonchev–Trinajstić information content (AvgIpc) is 2.45. The summed E-state index contributed by atoms with van der Waals surface area (Å²) in [5, 5.41) is 2.90. The molecule has 0 saturated carbocycles. The van der Waals surface area contributed by atoms with E-state index in [4.69, 9.17) is 0 Å². The van der Waals surface area contributed by atoms with Crippen molar-refractivity contribution in [2.45, 2.75) is 40.2 Å². The molecule has 0 bridgehead atoms. The lowest BCUT2D eigenvalue weighted by Crippen LogP contribution is -2.36. The molecule has 2 aromatic rings. The molecular formula is C17H21N3O2. The highest BCUT2D eigenvalue weighted by Crippen LogP contribution is 2.18. The zero-order valence-electron chi connectivity index (χ0n) is 13.4. The highest BCUT2D eigenvalue weighted by atomic mass is 16.2. The third kappa shape index (κ3) is 3.24. The Morgan fingerprint density at radius 1 is 1.27 bits per heavy atom. The Hall–Kier alpha value is -2.43. The van der Waals surface area contributed by atoms with E-state index in [1.807, 2.05) is 51.1 Å². The highest BCUT2D eigenvalue weighted by Gasteiger charge is 2.22. The lowest BCUT2D eigenvalue weighted by molar-refractivity contribution is -0.119. The second-order valence-corrected chi connectivity index (χ2v) is 5.42. The van der Waals surface area contributed by atoms with Crippen LogP contribution in [0.3, 0.4) is 0 Å². The predicted octanol–water partition coefficient (Wildman–Crippen LogP) is 2.76. The Morgan fingerprint density at radius 3 is 2.55 bits per heavy atom. The average molecular weight is 299 g/mol. The normalized spacial score (nSPS) is 12.0. The lowest BCUT2D eigenvalue weighted by atomic mass is 10.1. The summed E-state index contributed by atoms with van der Waals surface area (Å²) in [4.78, 5) is 28.7. The minimum absolute atomic E-state index is 0.201. The number of hydrogen-bond donors (Lipinski definition) is 1. The number of carbonyl (C=O) groups excluding carboxylic acids is 1. The summed E-state index contributed by atoms with van der Waals surface area (Å²) >= 11 is 0. The van der Waals surface area contributed by atoms with Gasteiger partial charge in [0.05, 0.1) is 0 Å². The van der Waals surface area contributed by atoms with Gasteiger partial charge in [0.25, 0.3) is 0 Å². The van der Waals surface area contributed by atoms with Crippen molar-refractivity contribution >= 4 is 11.6 Å². The lowest BCUT2D eigenvalue weighted by Gasteiger charge is -2.20. The minimum Gasteiger partial charge on any atom is -0.324 e. The van der Waals surface area contributed by atoms with Gasteiger partial charge in [-0.1, -0.05) is 25.1 Å². The second-order valence-electron chi connectivity index (χ2n) is 5.42. The maximum absolute atomic E-state index is 12.6. The van der Waals surface area contributed by atoms with E-state index in [0.717, 1.165) is 16.9 Å². The molecule has 1 aromatic heterocycles. The molecule has 22 heavy (non-hydrogen) atoms. The number of rotatable bonds is 4. The molecule has 0 aliphatic heterocycles. The van der Waals surface area contributed by atoms with Gasteiger partial charge in [-0.15, -0.1) is 0 Å². The summed E-state index contributed by atoms with van der Waals surface area (Å²) < 4.78 is 1.46. The van der Waals surface area contributed by atoms with E-state index in [0.29, 0.717) is 12.1 Å². The van der Waals surface area contributed by atoms with E-state index < -0.39 is 6.04 Å². The monoisotopic (exact) mass is 299 g/mol. The van der Waals surface area contributed by atoms with Gasteiger partial charge >= 0.3 is 5.69 Å². The van der Waals surface area contributed by atoms with Crippen molar-refractivity contribution < 1.29 is 4.79 Å². The molecule has 1 atom stereocenters. The Balaban J connectivity index is 2.35. The van der Waals surface area contributed by atoms with Crippen LogP contribution in [0.1, 0.15) is 36.3 Å². The molecule has 0 aliphatic rings. The number of aryl methyl sites for hydroxylation is 3. The van der Waals surface area contributed by atoms with Crippen molar-refractivity contribution in [3.05, 3.63) is 57.8 Å². The molecule has 1 amide bonds. The number of aromatic nitrogens is 2. The Morgan fingerprint density at radius 2 is 1.95 bits per heavy atom. The first-order valence-corrected chi connectivity index (χ1v) is 7.37. The van der Waals surface area contributed by atoms with Gasteiger partial charge in [0.1, 0.15) is 6.04 Å². The maximum Gasteiger partial charge on any atom is 0.348 e. The van der Waals surface area contributed by atoms with Crippen LogP contribution in [0.4, 0.5) is 5.69 Å². The SMILES string of the molecule is CC[C@@H](C(=O)Nc1ccccc1C)n1c(C)cc(C)nc1=O. The molecule has 1 heterocycles. The number of para-hydroxylation sites is 1. The topological polar surface area (TPSA) is 64.0 Å². The van der Waals surface area contributed by atoms with E-state index in [1.165, 1.54) is 4.57 Å². The molecule has 5 heteroatoms. The van der Waals surface area contributed by atoms with Crippen LogP contribution >= 0.6 is 0 Å². The molecule has 0 radical (unpaired) electrons. The summed E-state index contributed by atoms with van der Waals surface area (Å²) in [6, 6.07) is 8.81. The number of hydrogen-bond acceptors (Lipinski definition) is 3. The molecular weight excluding hydrogens is 278 g/mol. The number of carbonyl (C=O) groups is 1. The first-order chi connectivity index (χ1) is 10.4. The summed E-state index contributed by atoms with van der Waals surface area (Å²) in [6.07, 6.45) is 0.517. The maximum atomic E-state index is 12.6. The van der Waals surface area contributed by atoms with E-state index in [2.05, 4.69) is 10.3 Å². The van der Waals surface area contributed by atoms with E-state index in [1.54, 1.807) is 6.92 Å². The summed E-state index contributed by atoms with van der Waals surface area (Å²) in [5.74, 6) is -0.201. The standard InChI is InChI=1S/C17H21N3O2/c1-5-15(20-13(4)10-12(3)18-17(20)22)16(21)19-14-9-7-6-8-11(14)2/h6-10,15H,5H2,1-4H3,(H,19,21)/t15-/m0/s1. The van der Waals surface area contributed by atoms with E-state index in [-0.39, 0.29) is 11.6 Å². The van der Waals surface area contributed by atoms with Crippen LogP contribution in [-0.2, 0) is 4.79 Å². The Bertz CT molecular complexity index is 750. The van der Waals surface area contributed by atoms with Crippen molar-refractivity contribution in [1.82, 2.24) is 9.55 Å². The van der Waals surface area contributed by atoms with Crippen molar-refractivity contribution in [2.75, 3.05) is 5.32 Å². The smallest absolute Gasteiger partial charge is 0.324 e. The van der Waals surface area contributed by atoms with Crippen molar-refractivity contribution in [2.24, 2.45) is 0 Å². The summed E-state index contributed by atoms with van der Waals surface area (Å²) in [7, 11) is 0. The highest BCUT2D eigenvalue weighted by molar-refractivity contribution is 5.94. The van der Waals surface area contributed by atoms with Gasteiger partial charge in [0, 0.05) is 17.1 Å². The number of benzene rings is 1. The molecule has 0 aliphatic carbocycles. The fourth-order valence-electron chi connectivity index (χ4n) is 2.55. The summed E-state index contributed by atoms with van der Waals surface area (Å²) in [5.41, 5.74) is 2.76. The largest absolute Gasteiger partial charge is 0.348 e. The zero-order valence-corrected chi connectivity index (χ0v) is 13.4. The minimum atomic E-state index is -0.569. The number of anilines is 1. The summed E-state index contributed by atoms with van der Waals surface area (Å²) in [6.45, 7) is 7.40. The molecule has 0 spiro atoms. The van der Waals surface area contributed by atoms with Crippen LogP contribution < -0.4 is 11.0 Å². The zero-order chi connectivity index (χ0) is 16.3. The Kier molecular flexibility index (Phi) is 4.75. The van der Waals surface area contributed by atoms with Crippen LogP contribution in [0.25, 0.3) is 0 Å². The fraction of sp³-hybridized carbons (Fsp3) is 0.353. The van der Waals surface area contributed by atoms with Gasteiger partial charge in [-0.25, -0.2) is 4.79 Å². The molecule has 116 valence electrons. The van der Waals surface area contributed by atoms with E-state index in [9.17, 15) is 9.59 Å². The van der Waals surface area contributed by atoms with Gasteiger partial charge in [-0.05, 0) is 44.9 Å². The molecule has 0 fully saturated rings. The van der Waals surface area contributed by atoms with Gasteiger partial charge in [0.2, 0.25) is 5.91 Å². The van der Waals surface area contributed by atoms with Gasteiger partial charge < -0.3 is 5.32 Å². The second kappa shape index (κ2) is 6.56.